The Morgan fingerprint density at radius 3 is 2.41 bits per heavy atom. The van der Waals surface area contributed by atoms with E-state index in [9.17, 15) is 0 Å². The summed E-state index contributed by atoms with van der Waals surface area (Å²) in [5, 5.41) is 20.5. The Hall–Kier alpha value is -2.11. The summed E-state index contributed by atoms with van der Waals surface area (Å²) in [7, 11) is 1.89. The maximum atomic E-state index is 8.67. The third-order valence-electron chi connectivity index (χ3n) is 2.55. The predicted octanol–water partition coefficient (Wildman–Crippen LogP) is 1.22. The molecule has 1 rings (SSSR count). The summed E-state index contributed by atoms with van der Waals surface area (Å²) < 4.78 is 0. The quantitative estimate of drug-likeness (QED) is 0.768. The van der Waals surface area contributed by atoms with Crippen LogP contribution in [0.3, 0.4) is 0 Å². The lowest BCUT2D eigenvalue weighted by Crippen LogP contribution is -2.25. The summed E-state index contributed by atoms with van der Waals surface area (Å²) in [4.78, 5) is 5.90. The van der Waals surface area contributed by atoms with Crippen LogP contribution in [0, 0.1) is 22.7 Å². The van der Waals surface area contributed by atoms with Gasteiger partial charge in [0, 0.05) is 12.2 Å². The van der Waals surface area contributed by atoms with Gasteiger partial charge in [-0.3, -0.25) is 0 Å². The third-order valence-corrected chi connectivity index (χ3v) is 2.55. The van der Waals surface area contributed by atoms with E-state index in [1.807, 2.05) is 38.2 Å². The summed E-state index contributed by atoms with van der Waals surface area (Å²) in [6.07, 6.45) is 1.76. The highest BCUT2D eigenvalue weighted by Gasteiger charge is 2.08. The van der Waals surface area contributed by atoms with Gasteiger partial charge in [0.2, 0.25) is 0 Å². The third kappa shape index (κ3) is 3.44. The Balaban J connectivity index is 2.85. The van der Waals surface area contributed by atoms with Gasteiger partial charge in [0.05, 0.1) is 12.1 Å². The van der Waals surface area contributed by atoms with Crippen molar-refractivity contribution in [3.05, 3.63) is 23.9 Å². The highest BCUT2D eigenvalue weighted by atomic mass is 15.2. The van der Waals surface area contributed by atoms with E-state index in [1.54, 1.807) is 11.1 Å². The standard InChI is InChI=1S/C12H15N5/c1-10(15-2)11-3-4-12(16-9-11)17(7-5-13)8-6-14/h3-4,9-10,15H,7-8H2,1-2H3. The molecule has 5 nitrogen and oxygen atoms in total. The van der Waals surface area contributed by atoms with E-state index in [2.05, 4.69) is 10.3 Å². The molecule has 1 aromatic rings. The van der Waals surface area contributed by atoms with E-state index in [-0.39, 0.29) is 19.1 Å². The number of nitriles is 2. The van der Waals surface area contributed by atoms with Gasteiger partial charge in [-0.1, -0.05) is 6.07 Å². The average molecular weight is 229 g/mol. The Labute approximate surface area is 101 Å². The van der Waals surface area contributed by atoms with Crippen molar-refractivity contribution in [1.82, 2.24) is 10.3 Å². The minimum Gasteiger partial charge on any atom is -0.330 e. The Bertz CT molecular complexity index is 410. The van der Waals surface area contributed by atoms with Crippen LogP contribution in [0.1, 0.15) is 18.5 Å². The van der Waals surface area contributed by atoms with Gasteiger partial charge in [-0.2, -0.15) is 10.5 Å². The monoisotopic (exact) mass is 229 g/mol. The molecule has 17 heavy (non-hydrogen) atoms. The van der Waals surface area contributed by atoms with Crippen LogP contribution in [0.4, 0.5) is 5.82 Å². The van der Waals surface area contributed by atoms with Crippen LogP contribution in [-0.4, -0.2) is 25.1 Å². The van der Waals surface area contributed by atoms with Crippen molar-refractivity contribution in [1.29, 1.82) is 10.5 Å². The maximum absolute atomic E-state index is 8.67. The normalized spacial score (nSPS) is 11.3. The first-order valence-electron chi connectivity index (χ1n) is 5.35. The Morgan fingerprint density at radius 2 is 2.00 bits per heavy atom. The van der Waals surface area contributed by atoms with E-state index >= 15 is 0 Å². The Kier molecular flexibility index (Phi) is 4.93. The largest absolute Gasteiger partial charge is 0.330 e. The molecule has 0 spiro atoms. The number of hydrogen-bond acceptors (Lipinski definition) is 5. The van der Waals surface area contributed by atoms with Crippen LogP contribution in [-0.2, 0) is 0 Å². The first kappa shape index (κ1) is 13.0. The molecule has 0 bridgehead atoms. The van der Waals surface area contributed by atoms with Crippen molar-refractivity contribution < 1.29 is 0 Å². The molecular formula is C12H15N5. The maximum Gasteiger partial charge on any atom is 0.130 e. The lowest BCUT2D eigenvalue weighted by molar-refractivity contribution is 0.649. The molecule has 1 aromatic heterocycles. The van der Waals surface area contributed by atoms with Gasteiger partial charge in [0.1, 0.15) is 18.9 Å². The first-order valence-corrected chi connectivity index (χ1v) is 5.35. The molecule has 0 saturated heterocycles. The summed E-state index contributed by atoms with van der Waals surface area (Å²) >= 11 is 0. The molecule has 0 saturated carbocycles. The van der Waals surface area contributed by atoms with Gasteiger partial charge in [-0.15, -0.1) is 0 Å². The molecule has 0 aliphatic heterocycles. The van der Waals surface area contributed by atoms with Crippen LogP contribution < -0.4 is 10.2 Å². The minimum atomic E-state index is 0.168. The van der Waals surface area contributed by atoms with Gasteiger partial charge in [0.25, 0.3) is 0 Å². The number of rotatable bonds is 5. The van der Waals surface area contributed by atoms with Crippen molar-refractivity contribution in [3.63, 3.8) is 0 Å². The molecule has 1 atom stereocenters. The second kappa shape index (κ2) is 6.47. The molecule has 1 N–H and O–H groups in total. The predicted molar refractivity (Wildman–Crippen MR) is 65.2 cm³/mol. The molecule has 0 radical (unpaired) electrons. The van der Waals surface area contributed by atoms with Crippen molar-refractivity contribution >= 4 is 5.82 Å². The molecule has 1 unspecified atom stereocenters. The molecule has 0 aliphatic carbocycles. The van der Waals surface area contributed by atoms with Crippen LogP contribution in [0.5, 0.6) is 0 Å². The molecule has 88 valence electrons. The number of aromatic nitrogens is 1. The van der Waals surface area contributed by atoms with Crippen molar-refractivity contribution in [2.24, 2.45) is 0 Å². The average Bonchev–Trinajstić information content (AvgIpc) is 2.38. The Morgan fingerprint density at radius 1 is 1.35 bits per heavy atom. The fourth-order valence-corrected chi connectivity index (χ4v) is 1.40. The molecule has 1 heterocycles. The van der Waals surface area contributed by atoms with E-state index in [4.69, 9.17) is 10.5 Å². The lowest BCUT2D eigenvalue weighted by Gasteiger charge is -2.17. The van der Waals surface area contributed by atoms with Gasteiger partial charge in [-0.25, -0.2) is 4.98 Å². The highest BCUT2D eigenvalue weighted by Crippen LogP contribution is 2.15. The smallest absolute Gasteiger partial charge is 0.130 e. The zero-order chi connectivity index (χ0) is 12.7. The summed E-state index contributed by atoms with van der Waals surface area (Å²) in [5.41, 5.74) is 1.07. The van der Waals surface area contributed by atoms with Gasteiger partial charge < -0.3 is 10.2 Å². The van der Waals surface area contributed by atoms with Gasteiger partial charge in [-0.05, 0) is 25.6 Å². The molecular weight excluding hydrogens is 214 g/mol. The zero-order valence-electron chi connectivity index (χ0n) is 10.0. The van der Waals surface area contributed by atoms with Crippen molar-refractivity contribution in [3.8, 4) is 12.1 Å². The van der Waals surface area contributed by atoms with Crippen LogP contribution in [0.25, 0.3) is 0 Å². The zero-order valence-corrected chi connectivity index (χ0v) is 10.0. The number of nitrogens with one attached hydrogen (secondary N) is 1. The van der Waals surface area contributed by atoms with Crippen LogP contribution >= 0.6 is 0 Å². The van der Waals surface area contributed by atoms with E-state index in [0.717, 1.165) is 5.56 Å². The summed E-state index contributed by atoms with van der Waals surface area (Å²) in [6.45, 7) is 2.38. The molecule has 0 aromatic carbocycles. The molecule has 5 heteroatoms. The highest BCUT2D eigenvalue weighted by molar-refractivity contribution is 5.42. The topological polar surface area (TPSA) is 75.7 Å². The first-order chi connectivity index (χ1) is 8.22. The fourth-order valence-electron chi connectivity index (χ4n) is 1.40. The van der Waals surface area contributed by atoms with Crippen molar-refractivity contribution in [2.75, 3.05) is 25.0 Å². The number of anilines is 1. The van der Waals surface area contributed by atoms with Gasteiger partial charge >= 0.3 is 0 Å². The molecule has 0 aliphatic rings. The van der Waals surface area contributed by atoms with Crippen LogP contribution in [0.2, 0.25) is 0 Å². The number of hydrogen-bond donors (Lipinski definition) is 1. The van der Waals surface area contributed by atoms with Crippen LogP contribution in [0.15, 0.2) is 18.3 Å². The lowest BCUT2D eigenvalue weighted by atomic mass is 10.1. The second-order valence-corrected chi connectivity index (χ2v) is 3.63. The minimum absolute atomic E-state index is 0.168. The van der Waals surface area contributed by atoms with Gasteiger partial charge in [0.15, 0.2) is 0 Å². The second-order valence-electron chi connectivity index (χ2n) is 3.63. The molecule has 0 amide bonds. The van der Waals surface area contributed by atoms with E-state index in [0.29, 0.717) is 5.82 Å². The SMILES string of the molecule is CNC(C)c1ccc(N(CC#N)CC#N)nc1. The van der Waals surface area contributed by atoms with E-state index < -0.39 is 0 Å². The summed E-state index contributed by atoms with van der Waals surface area (Å²) in [6, 6.07) is 8.06. The number of nitrogens with zero attached hydrogens (tertiary/aromatic N) is 4. The molecule has 0 fully saturated rings. The van der Waals surface area contributed by atoms with Crippen molar-refractivity contribution in [2.45, 2.75) is 13.0 Å². The summed E-state index contributed by atoms with van der Waals surface area (Å²) in [5.74, 6) is 0.653. The number of pyridine rings is 1. The fraction of sp³-hybridized carbons (Fsp3) is 0.417. The van der Waals surface area contributed by atoms with E-state index in [1.165, 1.54) is 0 Å².